The summed E-state index contributed by atoms with van der Waals surface area (Å²) in [7, 11) is 0. The van der Waals surface area contributed by atoms with E-state index in [1.165, 1.54) is 50.5 Å². The minimum atomic E-state index is -0.191. The average Bonchev–Trinajstić information content (AvgIpc) is 3.24. The minimum absolute atomic E-state index is 0.191. The number of furan rings is 1. The van der Waals surface area contributed by atoms with Crippen molar-refractivity contribution in [3.8, 4) is 0 Å². The van der Waals surface area contributed by atoms with Crippen molar-refractivity contribution >= 4 is 23.0 Å². The van der Waals surface area contributed by atoms with Gasteiger partial charge in [0, 0.05) is 31.9 Å². The lowest BCUT2D eigenvalue weighted by molar-refractivity contribution is 0.0996. The van der Waals surface area contributed by atoms with E-state index in [0.29, 0.717) is 5.76 Å². The number of nitrogens with one attached hydrogen (secondary N) is 1. The molecule has 5 nitrogen and oxygen atoms in total. The summed E-state index contributed by atoms with van der Waals surface area (Å²) < 4.78 is 5.26. The molecular formula is C21H27N3O2. The van der Waals surface area contributed by atoms with E-state index in [0.717, 1.165) is 37.6 Å². The molecule has 0 atom stereocenters. The first-order valence-electron chi connectivity index (χ1n) is 9.80. The molecule has 0 spiro atoms. The average molecular weight is 353 g/mol. The van der Waals surface area contributed by atoms with Crippen LogP contribution in [0, 0.1) is 0 Å². The minimum Gasteiger partial charge on any atom is -0.459 e. The number of nitrogens with zero attached hydrogens (tertiary/aromatic N) is 2. The van der Waals surface area contributed by atoms with E-state index in [-0.39, 0.29) is 5.91 Å². The second-order valence-electron chi connectivity index (χ2n) is 7.23. The lowest BCUT2D eigenvalue weighted by Crippen LogP contribution is -2.31. The van der Waals surface area contributed by atoms with E-state index in [1.807, 2.05) is 0 Å². The highest BCUT2D eigenvalue weighted by atomic mass is 16.3. The molecule has 2 fully saturated rings. The number of rotatable bonds is 4. The van der Waals surface area contributed by atoms with E-state index in [2.05, 4.69) is 33.3 Å². The van der Waals surface area contributed by atoms with Gasteiger partial charge in [0.15, 0.2) is 5.76 Å². The Morgan fingerprint density at radius 2 is 1.58 bits per heavy atom. The number of hydrogen-bond donors (Lipinski definition) is 1. The summed E-state index contributed by atoms with van der Waals surface area (Å²) in [6, 6.07) is 9.95. The summed E-state index contributed by atoms with van der Waals surface area (Å²) >= 11 is 0. The Morgan fingerprint density at radius 3 is 2.23 bits per heavy atom. The SMILES string of the molecule is O=C(Nc1cc(N2CCCCC2)ccc1N1CCCCC1)c1ccco1. The van der Waals surface area contributed by atoms with Crippen LogP contribution in [0.15, 0.2) is 41.0 Å². The van der Waals surface area contributed by atoms with Gasteiger partial charge in [0.2, 0.25) is 0 Å². The molecule has 2 aromatic rings. The predicted octanol–water partition coefficient (Wildman–Crippen LogP) is 4.51. The first-order chi connectivity index (χ1) is 12.8. The van der Waals surface area contributed by atoms with Gasteiger partial charge in [-0.15, -0.1) is 0 Å². The quantitative estimate of drug-likeness (QED) is 0.878. The normalized spacial score (nSPS) is 18.0. The summed E-state index contributed by atoms with van der Waals surface area (Å²) in [6.07, 6.45) is 9.02. The summed E-state index contributed by atoms with van der Waals surface area (Å²) in [5.74, 6) is 0.155. The van der Waals surface area contributed by atoms with Crippen LogP contribution in [0.2, 0.25) is 0 Å². The number of carbonyl (C=O) groups is 1. The molecule has 138 valence electrons. The zero-order chi connectivity index (χ0) is 17.8. The molecule has 0 unspecified atom stereocenters. The van der Waals surface area contributed by atoms with Crippen LogP contribution in [0.25, 0.3) is 0 Å². The molecule has 2 saturated heterocycles. The van der Waals surface area contributed by atoms with Crippen molar-refractivity contribution < 1.29 is 9.21 Å². The largest absolute Gasteiger partial charge is 0.459 e. The number of hydrogen-bond acceptors (Lipinski definition) is 4. The second-order valence-corrected chi connectivity index (χ2v) is 7.23. The highest BCUT2D eigenvalue weighted by Crippen LogP contribution is 2.34. The van der Waals surface area contributed by atoms with Gasteiger partial charge in [0.05, 0.1) is 17.6 Å². The smallest absolute Gasteiger partial charge is 0.291 e. The maximum Gasteiger partial charge on any atom is 0.291 e. The van der Waals surface area contributed by atoms with E-state index in [4.69, 9.17) is 4.42 Å². The zero-order valence-electron chi connectivity index (χ0n) is 15.2. The molecule has 1 aromatic heterocycles. The maximum atomic E-state index is 12.6. The second kappa shape index (κ2) is 7.85. The molecule has 3 heterocycles. The highest BCUT2D eigenvalue weighted by Gasteiger charge is 2.20. The molecular weight excluding hydrogens is 326 g/mol. The molecule has 0 bridgehead atoms. The summed E-state index contributed by atoms with van der Waals surface area (Å²) in [5.41, 5.74) is 3.20. The van der Waals surface area contributed by atoms with E-state index in [1.54, 1.807) is 12.1 Å². The van der Waals surface area contributed by atoms with Crippen molar-refractivity contribution in [1.29, 1.82) is 0 Å². The lowest BCUT2D eigenvalue weighted by Gasteiger charge is -2.33. The maximum absolute atomic E-state index is 12.6. The third-order valence-corrected chi connectivity index (χ3v) is 5.39. The van der Waals surface area contributed by atoms with Crippen molar-refractivity contribution in [3.05, 3.63) is 42.4 Å². The molecule has 0 aliphatic carbocycles. The Morgan fingerprint density at radius 1 is 0.885 bits per heavy atom. The molecule has 1 N–H and O–H groups in total. The molecule has 0 saturated carbocycles. The van der Waals surface area contributed by atoms with Crippen molar-refractivity contribution in [2.45, 2.75) is 38.5 Å². The van der Waals surface area contributed by atoms with Gasteiger partial charge in [-0.1, -0.05) is 0 Å². The van der Waals surface area contributed by atoms with Gasteiger partial charge in [0.1, 0.15) is 0 Å². The van der Waals surface area contributed by atoms with Crippen molar-refractivity contribution in [2.75, 3.05) is 41.3 Å². The van der Waals surface area contributed by atoms with Crippen LogP contribution in [0.5, 0.6) is 0 Å². The zero-order valence-corrected chi connectivity index (χ0v) is 15.2. The molecule has 2 aliphatic heterocycles. The van der Waals surface area contributed by atoms with Crippen LogP contribution in [0.3, 0.4) is 0 Å². The molecule has 1 amide bonds. The van der Waals surface area contributed by atoms with Gasteiger partial charge in [-0.2, -0.15) is 0 Å². The third kappa shape index (κ3) is 3.71. The van der Waals surface area contributed by atoms with Gasteiger partial charge in [-0.3, -0.25) is 4.79 Å². The fourth-order valence-corrected chi connectivity index (χ4v) is 3.98. The van der Waals surface area contributed by atoms with Gasteiger partial charge in [-0.25, -0.2) is 0 Å². The van der Waals surface area contributed by atoms with Gasteiger partial charge in [-0.05, 0) is 68.9 Å². The molecule has 4 rings (SSSR count). The van der Waals surface area contributed by atoms with Crippen molar-refractivity contribution in [3.63, 3.8) is 0 Å². The van der Waals surface area contributed by atoms with E-state index >= 15 is 0 Å². The molecule has 26 heavy (non-hydrogen) atoms. The number of amides is 1. The lowest BCUT2D eigenvalue weighted by atomic mass is 10.1. The first kappa shape index (κ1) is 17.0. The number of anilines is 3. The van der Waals surface area contributed by atoms with Crippen molar-refractivity contribution in [2.24, 2.45) is 0 Å². The van der Waals surface area contributed by atoms with Crippen LogP contribution in [-0.2, 0) is 0 Å². The van der Waals surface area contributed by atoms with E-state index in [9.17, 15) is 4.79 Å². The standard InChI is InChI=1S/C21H27N3O2/c25-21(20-8-7-15-26-20)22-18-16-17(23-11-3-1-4-12-23)9-10-19(18)24-13-5-2-6-14-24/h7-10,15-16H,1-6,11-14H2,(H,22,25). The monoisotopic (exact) mass is 353 g/mol. The molecule has 5 heteroatoms. The Labute approximate surface area is 155 Å². The van der Waals surface area contributed by atoms with Crippen LogP contribution in [-0.4, -0.2) is 32.1 Å². The number of benzene rings is 1. The Bertz CT molecular complexity index is 730. The number of piperidine rings is 2. The third-order valence-electron chi connectivity index (χ3n) is 5.39. The van der Waals surface area contributed by atoms with Gasteiger partial charge in [0.25, 0.3) is 5.91 Å². The Balaban J connectivity index is 1.62. The first-order valence-corrected chi connectivity index (χ1v) is 9.80. The van der Waals surface area contributed by atoms with Crippen molar-refractivity contribution in [1.82, 2.24) is 0 Å². The fourth-order valence-electron chi connectivity index (χ4n) is 3.98. The summed E-state index contributed by atoms with van der Waals surface area (Å²) in [4.78, 5) is 17.4. The fraction of sp³-hybridized carbons (Fsp3) is 0.476. The van der Waals surface area contributed by atoms with Gasteiger partial charge >= 0.3 is 0 Å². The summed E-state index contributed by atoms with van der Waals surface area (Å²) in [5, 5.41) is 3.09. The van der Waals surface area contributed by atoms with Crippen LogP contribution >= 0.6 is 0 Å². The number of carbonyl (C=O) groups excluding carboxylic acids is 1. The van der Waals surface area contributed by atoms with Crippen LogP contribution < -0.4 is 15.1 Å². The van der Waals surface area contributed by atoms with E-state index < -0.39 is 0 Å². The molecule has 0 radical (unpaired) electrons. The van der Waals surface area contributed by atoms with Crippen LogP contribution in [0.1, 0.15) is 49.1 Å². The highest BCUT2D eigenvalue weighted by molar-refractivity contribution is 6.04. The van der Waals surface area contributed by atoms with Crippen LogP contribution in [0.4, 0.5) is 17.1 Å². The Hall–Kier alpha value is -2.43. The Kier molecular flexibility index (Phi) is 5.14. The predicted molar refractivity (Wildman–Crippen MR) is 105 cm³/mol. The molecule has 1 aromatic carbocycles. The molecule has 2 aliphatic rings. The topological polar surface area (TPSA) is 48.7 Å². The van der Waals surface area contributed by atoms with Gasteiger partial charge < -0.3 is 19.5 Å². The summed E-state index contributed by atoms with van der Waals surface area (Å²) in [6.45, 7) is 4.28.